The number of amides is 1. The van der Waals surface area contributed by atoms with Crippen molar-refractivity contribution in [1.29, 1.82) is 0 Å². The monoisotopic (exact) mass is 509 g/mol. The van der Waals surface area contributed by atoms with Crippen LogP contribution < -0.4 is 0 Å². The predicted molar refractivity (Wildman–Crippen MR) is 141 cm³/mol. The number of carbonyl (C=O) groups is 3. The minimum Gasteiger partial charge on any atom is -0.468 e. The summed E-state index contributed by atoms with van der Waals surface area (Å²) in [7, 11) is -0.734. The standard InChI is InChI=1S/C29H39NO5Si/c1-17-16-30-23-15-21(17)20-10-9-18-19(11-12-22(18)31)24(20)28(23,5)29(25(30)32,26(33)34-6)13-14-35-36(7,8)27(2,3)4/h9-10,21,23H,1,11-16H2,2-8H3/t21?,23?,28-,29-/m1/s1. The summed E-state index contributed by atoms with van der Waals surface area (Å²) in [5.41, 5.74) is 2.64. The van der Waals surface area contributed by atoms with Crippen molar-refractivity contribution in [1.82, 2.24) is 4.90 Å². The summed E-state index contributed by atoms with van der Waals surface area (Å²) in [6.07, 6.45) is 2.10. The highest BCUT2D eigenvalue weighted by Crippen LogP contribution is 2.65. The van der Waals surface area contributed by atoms with Crippen LogP contribution in [-0.2, 0) is 30.6 Å². The molecule has 2 fully saturated rings. The van der Waals surface area contributed by atoms with E-state index in [0.717, 1.165) is 34.2 Å². The van der Waals surface area contributed by atoms with Gasteiger partial charge < -0.3 is 14.1 Å². The van der Waals surface area contributed by atoms with Gasteiger partial charge in [-0.3, -0.25) is 14.4 Å². The highest BCUT2D eigenvalue weighted by Gasteiger charge is 2.74. The number of benzene rings is 1. The van der Waals surface area contributed by atoms with Crippen LogP contribution in [-0.4, -0.2) is 57.2 Å². The fourth-order valence-corrected chi connectivity index (χ4v) is 8.32. The molecule has 5 rings (SSSR count). The third-order valence-electron chi connectivity index (χ3n) is 10.3. The Morgan fingerprint density at radius 2 is 1.92 bits per heavy atom. The summed E-state index contributed by atoms with van der Waals surface area (Å²) in [5.74, 6) is -0.424. The Bertz CT molecular complexity index is 1200. The maximum atomic E-state index is 14.4. The van der Waals surface area contributed by atoms with E-state index in [1.807, 2.05) is 11.0 Å². The topological polar surface area (TPSA) is 72.9 Å². The van der Waals surface area contributed by atoms with E-state index in [9.17, 15) is 14.4 Å². The summed E-state index contributed by atoms with van der Waals surface area (Å²) in [4.78, 5) is 42.9. The third kappa shape index (κ3) is 3.02. The summed E-state index contributed by atoms with van der Waals surface area (Å²) < 4.78 is 12.0. The van der Waals surface area contributed by atoms with Crippen LogP contribution in [0.5, 0.6) is 0 Å². The number of ketones is 1. The Hall–Kier alpha value is -2.25. The van der Waals surface area contributed by atoms with E-state index in [1.165, 1.54) is 7.11 Å². The second kappa shape index (κ2) is 7.87. The van der Waals surface area contributed by atoms with Gasteiger partial charge in [0.2, 0.25) is 5.91 Å². The molecule has 2 aliphatic carbocycles. The molecule has 0 saturated carbocycles. The summed E-state index contributed by atoms with van der Waals surface area (Å²) in [6, 6.07) is 3.85. The van der Waals surface area contributed by atoms with Crippen molar-refractivity contribution in [3.63, 3.8) is 0 Å². The third-order valence-corrected chi connectivity index (χ3v) is 14.8. The van der Waals surface area contributed by atoms with E-state index < -0.39 is 25.1 Å². The predicted octanol–water partition coefficient (Wildman–Crippen LogP) is 4.91. The number of fused-ring (bicyclic) bond motifs is 6. The van der Waals surface area contributed by atoms with Crippen LogP contribution in [0.4, 0.5) is 0 Å². The summed E-state index contributed by atoms with van der Waals surface area (Å²) >= 11 is 0. The van der Waals surface area contributed by atoms with Gasteiger partial charge in [-0.2, -0.15) is 0 Å². The Balaban J connectivity index is 1.71. The van der Waals surface area contributed by atoms with E-state index in [0.29, 0.717) is 26.0 Å². The molecule has 1 amide bonds. The second-order valence-electron chi connectivity index (χ2n) is 12.8. The molecule has 2 heterocycles. The maximum Gasteiger partial charge on any atom is 0.322 e. The molecule has 6 nitrogen and oxygen atoms in total. The van der Waals surface area contributed by atoms with Gasteiger partial charge in [0.1, 0.15) is 0 Å². The van der Waals surface area contributed by atoms with E-state index in [4.69, 9.17) is 9.16 Å². The highest BCUT2D eigenvalue weighted by atomic mass is 28.4. The fraction of sp³-hybridized carbons (Fsp3) is 0.621. The van der Waals surface area contributed by atoms with Crippen molar-refractivity contribution in [3.05, 3.63) is 46.5 Å². The molecule has 0 spiro atoms. The maximum absolute atomic E-state index is 14.4. The van der Waals surface area contributed by atoms with Crippen LogP contribution in [0, 0.1) is 5.41 Å². The lowest BCUT2D eigenvalue weighted by molar-refractivity contribution is -0.163. The van der Waals surface area contributed by atoms with Crippen molar-refractivity contribution in [2.24, 2.45) is 5.41 Å². The Labute approximate surface area is 215 Å². The number of hydrogen-bond donors (Lipinski definition) is 0. The van der Waals surface area contributed by atoms with E-state index in [1.54, 1.807) is 0 Å². The lowest BCUT2D eigenvalue weighted by Crippen LogP contribution is -2.57. The quantitative estimate of drug-likeness (QED) is 0.244. The number of hydrogen-bond acceptors (Lipinski definition) is 5. The van der Waals surface area contributed by atoms with Crippen LogP contribution in [0.15, 0.2) is 24.3 Å². The van der Waals surface area contributed by atoms with Crippen LogP contribution in [0.2, 0.25) is 18.1 Å². The van der Waals surface area contributed by atoms with Gasteiger partial charge in [-0.1, -0.05) is 52.0 Å². The molecule has 1 aromatic carbocycles. The Kier molecular flexibility index (Phi) is 5.55. The van der Waals surface area contributed by atoms with Gasteiger partial charge in [-0.05, 0) is 54.1 Å². The summed E-state index contributed by atoms with van der Waals surface area (Å²) in [5, 5.41) is 0.0100. The largest absolute Gasteiger partial charge is 0.468 e. The van der Waals surface area contributed by atoms with Gasteiger partial charge >= 0.3 is 5.97 Å². The van der Waals surface area contributed by atoms with E-state index in [2.05, 4.69) is 53.4 Å². The molecule has 194 valence electrons. The van der Waals surface area contributed by atoms with Crippen LogP contribution in [0.1, 0.15) is 79.9 Å². The van der Waals surface area contributed by atoms with Crippen molar-refractivity contribution in [3.8, 4) is 0 Å². The molecule has 0 N–H and O–H groups in total. The first-order valence-electron chi connectivity index (χ1n) is 13.1. The lowest BCUT2D eigenvalue weighted by atomic mass is 9.51. The van der Waals surface area contributed by atoms with Gasteiger partial charge in [-0.25, -0.2) is 0 Å². The van der Waals surface area contributed by atoms with Crippen molar-refractivity contribution < 1.29 is 23.5 Å². The molecule has 0 radical (unpaired) electrons. The minimum atomic E-state index is -2.11. The first-order valence-corrected chi connectivity index (χ1v) is 16.0. The van der Waals surface area contributed by atoms with Crippen LogP contribution >= 0.6 is 0 Å². The minimum absolute atomic E-state index is 0.0100. The average Bonchev–Trinajstić information content (AvgIpc) is 3.27. The fourth-order valence-electron chi connectivity index (χ4n) is 7.28. The lowest BCUT2D eigenvalue weighted by Gasteiger charge is -2.52. The Morgan fingerprint density at radius 1 is 1.22 bits per heavy atom. The molecule has 36 heavy (non-hydrogen) atoms. The Morgan fingerprint density at radius 3 is 2.56 bits per heavy atom. The number of esters is 1. The van der Waals surface area contributed by atoms with E-state index >= 15 is 0 Å². The molecule has 2 aliphatic heterocycles. The number of Topliss-reactive ketones (excluding diaryl/α,β-unsaturated/α-hetero) is 1. The average molecular weight is 510 g/mol. The molecule has 7 heteroatoms. The molecule has 2 unspecified atom stereocenters. The molecule has 4 aliphatic rings. The zero-order valence-electron chi connectivity index (χ0n) is 22.7. The SMILES string of the molecule is C=C1CN2C(=O)[C@](CCO[Si](C)(C)C(C)(C)C)(C(=O)OC)[C@@]3(C)c4c(ccc5c4CCC5=O)C1CC23. The molecule has 4 atom stereocenters. The van der Waals surface area contributed by atoms with Gasteiger partial charge in [0, 0.05) is 42.5 Å². The molecular formula is C29H39NO5Si. The number of methoxy groups -OCH3 is 1. The van der Waals surface area contributed by atoms with Crippen LogP contribution in [0.25, 0.3) is 0 Å². The highest BCUT2D eigenvalue weighted by molar-refractivity contribution is 6.74. The smallest absolute Gasteiger partial charge is 0.322 e. The van der Waals surface area contributed by atoms with Crippen LogP contribution in [0.3, 0.4) is 0 Å². The van der Waals surface area contributed by atoms with Crippen molar-refractivity contribution >= 4 is 26.0 Å². The summed E-state index contributed by atoms with van der Waals surface area (Å²) in [6.45, 7) is 18.1. The molecule has 1 aromatic rings. The number of piperidine rings is 1. The zero-order valence-corrected chi connectivity index (χ0v) is 23.7. The normalized spacial score (nSPS) is 31.0. The second-order valence-corrected chi connectivity index (χ2v) is 17.6. The number of ether oxygens (including phenoxy) is 1. The molecule has 2 saturated heterocycles. The molecule has 0 aromatic heterocycles. The molecular weight excluding hydrogens is 470 g/mol. The zero-order chi connectivity index (χ0) is 26.4. The van der Waals surface area contributed by atoms with Gasteiger partial charge in [0.05, 0.1) is 7.11 Å². The van der Waals surface area contributed by atoms with Crippen molar-refractivity contribution in [2.75, 3.05) is 20.3 Å². The number of nitrogens with zero attached hydrogens (tertiary/aromatic N) is 1. The van der Waals surface area contributed by atoms with E-state index in [-0.39, 0.29) is 35.1 Å². The molecule has 2 bridgehead atoms. The van der Waals surface area contributed by atoms with Gasteiger partial charge in [0.25, 0.3) is 0 Å². The van der Waals surface area contributed by atoms with Gasteiger partial charge in [-0.15, -0.1) is 0 Å². The first kappa shape index (κ1) is 25.4. The van der Waals surface area contributed by atoms with Gasteiger partial charge in [0.15, 0.2) is 19.5 Å². The first-order chi connectivity index (χ1) is 16.7. The number of carbonyl (C=O) groups excluding carboxylic acids is 3. The number of rotatable bonds is 5. The van der Waals surface area contributed by atoms with Crippen molar-refractivity contribution in [2.45, 2.75) is 88.9 Å².